The lowest BCUT2D eigenvalue weighted by Crippen LogP contribution is -2.36. The molecule has 606 valence electrons. The van der Waals surface area contributed by atoms with Crippen LogP contribution in [-0.2, 0) is 52.4 Å². The zero-order chi connectivity index (χ0) is 80.4. The Balaban J connectivity index is 0.000000434. The third-order valence-corrected chi connectivity index (χ3v) is 16.7. The smallest absolute Gasteiger partial charge is 0.271 e. The van der Waals surface area contributed by atoms with Gasteiger partial charge in [-0.1, -0.05) is 121 Å². The summed E-state index contributed by atoms with van der Waals surface area (Å²) in [7, 11) is 8.92. The molecule has 0 radical (unpaired) electrons. The number of halogens is 1. The maximum absolute atomic E-state index is 11.5. The van der Waals surface area contributed by atoms with Gasteiger partial charge in [0.15, 0.2) is 5.78 Å². The van der Waals surface area contributed by atoms with E-state index in [-0.39, 0.29) is 74.1 Å². The number of hydrogen-bond acceptors (Lipinski definition) is 21. The van der Waals surface area contributed by atoms with Crippen molar-refractivity contribution in [3.05, 3.63) is 178 Å². The summed E-state index contributed by atoms with van der Waals surface area (Å²) in [4.78, 5) is 26.7. The second kappa shape index (κ2) is 56.5. The Morgan fingerprint density at radius 2 is 0.833 bits per heavy atom. The van der Waals surface area contributed by atoms with E-state index in [1.165, 1.54) is 105 Å². The molecule has 4 N–H and O–H groups in total. The lowest BCUT2D eigenvalue weighted by atomic mass is 9.94. The van der Waals surface area contributed by atoms with Gasteiger partial charge in [-0.15, -0.1) is 0 Å². The maximum atomic E-state index is 11.5. The fourth-order valence-corrected chi connectivity index (χ4v) is 12.0. The minimum absolute atomic E-state index is 0.0355. The number of carbonyl (C=O) groups excluding carboxylic acids is 2. The van der Waals surface area contributed by atoms with E-state index in [2.05, 4.69) is 68.2 Å². The predicted octanol–water partition coefficient (Wildman–Crippen LogP) is 16.6. The Morgan fingerprint density at radius 3 is 1.23 bits per heavy atom. The number of rotatable bonds is 34. The molecule has 6 aromatic rings. The first-order chi connectivity index (χ1) is 51.5. The lowest BCUT2D eigenvalue weighted by molar-refractivity contribution is -0.172. The average Bonchev–Trinajstić information content (AvgIpc) is 0.868. The number of aliphatic hydroxyl groups excluding tert-OH is 1. The average molecular weight is 1600 g/mol. The van der Waals surface area contributed by atoms with Gasteiger partial charge in [-0.2, -0.15) is 8.42 Å². The van der Waals surface area contributed by atoms with E-state index >= 15 is 0 Å². The van der Waals surface area contributed by atoms with Gasteiger partial charge in [-0.3, -0.25) is 18.6 Å². The molecule has 2 aliphatic rings. The number of likely N-dealkylation sites (N-methyl/N-ethyl adjacent to an activating group) is 1. The fourth-order valence-electron chi connectivity index (χ4n) is 11.0. The van der Waals surface area contributed by atoms with Gasteiger partial charge in [-0.05, 0) is 196 Å². The highest BCUT2D eigenvalue weighted by Gasteiger charge is 2.23. The predicted molar refractivity (Wildman–Crippen MR) is 431 cm³/mol. The molecule has 2 aliphatic carbocycles. The molecule has 24 heteroatoms. The number of benzene rings is 6. The van der Waals surface area contributed by atoms with Crippen LogP contribution in [-0.4, -0.2) is 181 Å². The Labute approximate surface area is 654 Å². The molecule has 0 saturated heterocycles. The van der Waals surface area contributed by atoms with E-state index in [0.717, 1.165) is 44.2 Å². The molecule has 0 aromatic heterocycles. The monoisotopic (exact) mass is 1590 g/mol. The summed E-state index contributed by atoms with van der Waals surface area (Å²) in [5.41, 5.74) is 4.48. The molecule has 108 heavy (non-hydrogen) atoms. The number of nitrogens with one attached hydrogen (secondary N) is 2. The van der Waals surface area contributed by atoms with Crippen LogP contribution in [0.15, 0.2) is 150 Å². The number of Topliss-reactive ketones (excluding diaryl/α,β-unsaturated/α-hetero) is 1. The Morgan fingerprint density at radius 1 is 0.463 bits per heavy atom. The highest BCUT2D eigenvalue weighted by Crippen LogP contribution is 2.29. The quantitative estimate of drug-likeness (QED) is 0.0166. The number of ether oxygens (including phenoxy) is 11. The molecule has 0 heterocycles. The second-order valence-electron chi connectivity index (χ2n) is 27.2. The summed E-state index contributed by atoms with van der Waals surface area (Å²) in [5, 5.41) is 27.8. The molecule has 8 rings (SSSR count). The van der Waals surface area contributed by atoms with Gasteiger partial charge >= 0.3 is 0 Å². The van der Waals surface area contributed by atoms with E-state index < -0.39 is 22.3 Å². The first kappa shape index (κ1) is 97.3. The number of hydroxylamine groups is 2. The Bertz CT molecular complexity index is 3460. The molecule has 0 bridgehead atoms. The summed E-state index contributed by atoms with van der Waals surface area (Å²) < 4.78 is 86.4. The van der Waals surface area contributed by atoms with Crippen LogP contribution in [0.1, 0.15) is 190 Å². The van der Waals surface area contributed by atoms with Gasteiger partial charge in [0.25, 0.3) is 16.0 Å². The largest absolute Gasteiger partial charge is 0.508 e. The molecule has 4 atom stereocenters. The van der Waals surface area contributed by atoms with Crippen LogP contribution in [0.5, 0.6) is 34.5 Å². The second-order valence-corrected chi connectivity index (χ2v) is 29.7. The number of phenols is 1. The number of phenolic OH excluding ortho intramolecular Hbond substituents is 1. The number of aliphatic hydroxyl groups is 1. The number of amides is 1. The number of hydrogen-bond donors (Lipinski definition) is 4. The van der Waals surface area contributed by atoms with Crippen LogP contribution in [0.3, 0.4) is 0 Å². The van der Waals surface area contributed by atoms with Crippen molar-refractivity contribution in [2.75, 3.05) is 103 Å². The molecule has 22 nitrogen and oxygen atoms in total. The first-order valence-electron chi connectivity index (χ1n) is 37.1. The zero-order valence-corrected chi connectivity index (χ0v) is 70.0. The SMILES string of the molecule is CC(C)Oc1cccc(Br)c1.COCC(=O)N(C)OC.COCC(=O)c1cccc(OC(C)C)c1.COCC(NC1CCCCC1)c1cccc(O)c1.COCC(NC1CCCCC1)c1cccc(OC(C)C)c1.COCC(O)c1cccc(OC(C)C)c1.COCC(OS(C)(=O)=O)c1cccc(OC(C)C)c1. The number of nitrogens with zero attached hydrogens (tertiary/aromatic N) is 1. The van der Waals surface area contributed by atoms with Gasteiger partial charge in [0.1, 0.15) is 59.9 Å². The standard InChI is InChI=1S/C18H29NO2.C15H23NO2.C13H20O5S.C12H18O3.C12H16O3.C9H11BrO.C5H11NO3/c1-14(2)21-17-11-7-8-15(12-17)18(13-20-3)19-16-9-5-4-6-10-16;1-18-11-15(12-6-5-9-14(17)10-12)16-13-7-3-2-4-8-13;1-10(2)17-12-7-5-6-11(8-12)13(9-16-3)18-19(4,14)15;2*1-9(2)15-11-6-4-5-10(7-11)12(13)8-14-3;1-7(2)11-9-5-3-4-8(10)6-9;1-6(9-3)5(7)4-8-2/h7-8,11-12,14,16,18-19H,4-6,9-10,13H2,1-3H3;5-6,9-10,13,15-17H,2-4,7-8,11H2,1H3;5-8,10,13H,9H2,1-4H3;4-7,9,12-13H,8H2,1-3H3;4-7,9H,8H2,1-3H3;3-7H,1-2H3;4H2,1-3H3. The van der Waals surface area contributed by atoms with Crippen molar-refractivity contribution in [2.24, 2.45) is 0 Å². The molecule has 0 spiro atoms. The van der Waals surface area contributed by atoms with Crippen LogP contribution >= 0.6 is 15.9 Å². The normalized spacial score (nSPS) is 14.0. The van der Waals surface area contributed by atoms with Crippen molar-refractivity contribution in [3.8, 4) is 34.5 Å². The minimum atomic E-state index is -3.55. The van der Waals surface area contributed by atoms with Gasteiger partial charge in [0.05, 0.1) is 82.4 Å². The fraction of sp³-hybridized carbons (Fsp3) is 0.548. The maximum Gasteiger partial charge on any atom is 0.271 e. The van der Waals surface area contributed by atoms with Gasteiger partial charge in [-0.25, -0.2) is 5.06 Å². The molecule has 2 saturated carbocycles. The molecule has 2 fully saturated rings. The number of methoxy groups -OCH3 is 6. The van der Waals surface area contributed by atoms with E-state index in [1.54, 1.807) is 63.8 Å². The number of ketones is 1. The summed E-state index contributed by atoms with van der Waals surface area (Å²) in [6.07, 6.45) is 13.6. The molecule has 0 aliphatic heterocycles. The third kappa shape index (κ3) is 44.8. The van der Waals surface area contributed by atoms with Crippen molar-refractivity contribution in [2.45, 2.75) is 200 Å². The molecular weight excluding hydrogens is 1470 g/mol. The van der Waals surface area contributed by atoms with Crippen molar-refractivity contribution in [1.82, 2.24) is 15.7 Å². The zero-order valence-electron chi connectivity index (χ0n) is 67.6. The molecule has 4 unspecified atom stereocenters. The van der Waals surface area contributed by atoms with Crippen molar-refractivity contribution in [3.63, 3.8) is 0 Å². The third-order valence-electron chi connectivity index (χ3n) is 15.7. The lowest BCUT2D eigenvalue weighted by Gasteiger charge is -2.28. The summed E-state index contributed by atoms with van der Waals surface area (Å²) in [6.45, 7) is 21.8. The van der Waals surface area contributed by atoms with Crippen molar-refractivity contribution < 1.29 is 89.3 Å². The molecule has 1 amide bonds. The van der Waals surface area contributed by atoms with Crippen LogP contribution in [0.4, 0.5) is 0 Å². The van der Waals surface area contributed by atoms with Crippen molar-refractivity contribution in [1.29, 1.82) is 0 Å². The summed E-state index contributed by atoms with van der Waals surface area (Å²) >= 11 is 3.37. The van der Waals surface area contributed by atoms with Crippen LogP contribution in [0.25, 0.3) is 0 Å². The van der Waals surface area contributed by atoms with Gasteiger partial charge in [0, 0.05) is 71.8 Å². The van der Waals surface area contributed by atoms with Crippen LogP contribution in [0, 0.1) is 0 Å². The topological polar surface area (TPSA) is 256 Å². The summed E-state index contributed by atoms with van der Waals surface area (Å²) in [5.74, 6) is 4.10. The Hall–Kier alpha value is -6.75. The van der Waals surface area contributed by atoms with Crippen molar-refractivity contribution >= 4 is 37.7 Å². The Kier molecular flexibility index (Phi) is 50.9. The minimum Gasteiger partial charge on any atom is -0.508 e. The molecular formula is C84H128BrN3O19S. The highest BCUT2D eigenvalue weighted by atomic mass is 79.9. The number of aromatic hydroxyl groups is 1. The van der Waals surface area contributed by atoms with E-state index in [0.29, 0.717) is 60.3 Å². The van der Waals surface area contributed by atoms with Gasteiger partial charge in [0.2, 0.25) is 0 Å². The van der Waals surface area contributed by atoms with E-state index in [1.807, 2.05) is 140 Å². The highest BCUT2D eigenvalue weighted by molar-refractivity contribution is 9.10. The number of carbonyl (C=O) groups is 2. The van der Waals surface area contributed by atoms with Gasteiger partial charge < -0.3 is 73.0 Å². The summed E-state index contributed by atoms with van der Waals surface area (Å²) in [6, 6.07) is 47.0. The van der Waals surface area contributed by atoms with E-state index in [4.69, 9.17) is 51.6 Å². The van der Waals surface area contributed by atoms with Crippen LogP contribution in [0.2, 0.25) is 0 Å². The van der Waals surface area contributed by atoms with Crippen LogP contribution < -0.4 is 34.3 Å². The van der Waals surface area contributed by atoms with E-state index in [9.17, 15) is 28.2 Å². The molecule has 6 aromatic carbocycles. The first-order valence-corrected chi connectivity index (χ1v) is 39.7.